The second-order valence-corrected chi connectivity index (χ2v) is 7.93. The molecular formula is C23H20IN3O4. The molecule has 1 atom stereocenters. The molecule has 8 heteroatoms. The fraction of sp³-hybridized carbons (Fsp3) is 0.174. The lowest BCUT2D eigenvalue weighted by molar-refractivity contribution is -0.139. The molecule has 0 bridgehead atoms. The van der Waals surface area contributed by atoms with E-state index >= 15 is 0 Å². The van der Waals surface area contributed by atoms with Crippen molar-refractivity contribution in [3.8, 4) is 6.07 Å². The molecule has 1 unspecified atom stereocenters. The number of esters is 2. The fourth-order valence-electron chi connectivity index (χ4n) is 3.55. The van der Waals surface area contributed by atoms with Crippen LogP contribution in [0.15, 0.2) is 71.2 Å². The predicted octanol–water partition coefficient (Wildman–Crippen LogP) is 3.50. The topological polar surface area (TPSA) is 106 Å². The van der Waals surface area contributed by atoms with Gasteiger partial charge in [0, 0.05) is 9.26 Å². The summed E-state index contributed by atoms with van der Waals surface area (Å²) in [5.74, 6) is -2.35. The Balaban J connectivity index is 2.41. The summed E-state index contributed by atoms with van der Waals surface area (Å²) in [6.45, 7) is 1.91. The number of carbonyl (C=O) groups excluding carboxylic acids is 2. The van der Waals surface area contributed by atoms with Gasteiger partial charge < -0.3 is 15.2 Å². The summed E-state index contributed by atoms with van der Waals surface area (Å²) in [7, 11) is 2.44. The first-order valence-corrected chi connectivity index (χ1v) is 10.3. The van der Waals surface area contributed by atoms with Crippen molar-refractivity contribution in [1.82, 2.24) is 0 Å². The fourth-order valence-corrected chi connectivity index (χ4v) is 3.88. The summed E-state index contributed by atoms with van der Waals surface area (Å²) >= 11 is 2.19. The molecule has 0 aliphatic carbocycles. The Morgan fingerprint density at radius 2 is 1.74 bits per heavy atom. The molecule has 0 aromatic heterocycles. The van der Waals surface area contributed by atoms with E-state index in [-0.39, 0.29) is 22.7 Å². The van der Waals surface area contributed by atoms with E-state index in [2.05, 4.69) is 28.7 Å². The maximum absolute atomic E-state index is 13.0. The summed E-state index contributed by atoms with van der Waals surface area (Å²) in [5.41, 5.74) is 8.59. The molecule has 31 heavy (non-hydrogen) atoms. The van der Waals surface area contributed by atoms with Crippen molar-refractivity contribution in [3.05, 3.63) is 85.9 Å². The van der Waals surface area contributed by atoms with E-state index in [0.29, 0.717) is 11.3 Å². The van der Waals surface area contributed by atoms with Gasteiger partial charge in [-0.15, -0.1) is 0 Å². The average Bonchev–Trinajstić information content (AvgIpc) is 2.79. The van der Waals surface area contributed by atoms with Gasteiger partial charge in [0.1, 0.15) is 11.5 Å². The highest BCUT2D eigenvalue weighted by atomic mass is 127. The van der Waals surface area contributed by atoms with Crippen molar-refractivity contribution in [1.29, 1.82) is 5.26 Å². The Labute approximate surface area is 193 Å². The molecule has 2 aromatic rings. The normalized spacial score (nSPS) is 16.1. The molecule has 0 saturated heterocycles. The Morgan fingerprint density at radius 3 is 2.29 bits per heavy atom. The molecule has 1 aliphatic rings. The van der Waals surface area contributed by atoms with E-state index in [1.807, 2.05) is 25.1 Å². The highest BCUT2D eigenvalue weighted by molar-refractivity contribution is 14.1. The number of hydrogen-bond donors (Lipinski definition) is 1. The predicted molar refractivity (Wildman–Crippen MR) is 123 cm³/mol. The minimum absolute atomic E-state index is 0.0116. The molecule has 158 valence electrons. The van der Waals surface area contributed by atoms with E-state index in [9.17, 15) is 14.9 Å². The number of anilines is 1. The van der Waals surface area contributed by atoms with Gasteiger partial charge in [-0.05, 0) is 58.8 Å². The van der Waals surface area contributed by atoms with Crippen molar-refractivity contribution < 1.29 is 19.1 Å². The lowest BCUT2D eigenvalue weighted by Gasteiger charge is -2.36. The van der Waals surface area contributed by atoms with Crippen LogP contribution in [-0.2, 0) is 19.1 Å². The molecule has 1 heterocycles. The highest BCUT2D eigenvalue weighted by Gasteiger charge is 2.42. The zero-order valence-corrected chi connectivity index (χ0v) is 19.3. The molecule has 2 N–H and O–H groups in total. The number of rotatable bonds is 4. The Bertz CT molecular complexity index is 1150. The van der Waals surface area contributed by atoms with E-state index < -0.39 is 17.9 Å². The molecular weight excluding hydrogens is 509 g/mol. The Hall–Kier alpha value is -3.32. The lowest BCUT2D eigenvalue weighted by atomic mass is 9.81. The molecule has 1 aliphatic heterocycles. The van der Waals surface area contributed by atoms with Gasteiger partial charge in [0.25, 0.3) is 0 Å². The van der Waals surface area contributed by atoms with Crippen LogP contribution in [0.4, 0.5) is 5.69 Å². The molecule has 0 saturated carbocycles. The van der Waals surface area contributed by atoms with Crippen LogP contribution in [0.2, 0.25) is 0 Å². The molecule has 2 aromatic carbocycles. The summed E-state index contributed by atoms with van der Waals surface area (Å²) in [6.07, 6.45) is 0. The number of hydrogen-bond acceptors (Lipinski definition) is 7. The van der Waals surface area contributed by atoms with Gasteiger partial charge in [-0.3, -0.25) is 4.90 Å². The number of allylic oxidation sites excluding steroid dienone is 1. The number of halogens is 1. The Kier molecular flexibility index (Phi) is 6.65. The molecule has 3 rings (SSSR count). The van der Waals surface area contributed by atoms with Crippen molar-refractivity contribution in [3.63, 3.8) is 0 Å². The molecule has 0 radical (unpaired) electrons. The minimum Gasteiger partial charge on any atom is -0.466 e. The van der Waals surface area contributed by atoms with E-state index in [1.54, 1.807) is 30.3 Å². The zero-order chi connectivity index (χ0) is 22.7. The number of methoxy groups -OCH3 is 2. The number of nitriles is 1. The summed E-state index contributed by atoms with van der Waals surface area (Å²) in [4.78, 5) is 27.3. The number of nitrogens with zero attached hydrogens (tertiary/aromatic N) is 2. The van der Waals surface area contributed by atoms with Gasteiger partial charge in [-0.1, -0.05) is 30.3 Å². The second-order valence-electron chi connectivity index (χ2n) is 6.77. The molecule has 0 fully saturated rings. The monoisotopic (exact) mass is 529 g/mol. The van der Waals surface area contributed by atoms with Crippen LogP contribution >= 0.6 is 22.6 Å². The third-order valence-electron chi connectivity index (χ3n) is 5.01. The third-order valence-corrected chi connectivity index (χ3v) is 6.22. The molecule has 7 nitrogen and oxygen atoms in total. The van der Waals surface area contributed by atoms with Crippen LogP contribution in [0, 0.1) is 21.8 Å². The first-order valence-electron chi connectivity index (χ1n) is 9.27. The largest absolute Gasteiger partial charge is 0.466 e. The maximum Gasteiger partial charge on any atom is 0.355 e. The van der Waals surface area contributed by atoms with Gasteiger partial charge in [-0.25, -0.2) is 9.59 Å². The van der Waals surface area contributed by atoms with Crippen LogP contribution in [0.25, 0.3) is 0 Å². The summed E-state index contributed by atoms with van der Waals surface area (Å²) in [5, 5.41) is 10.0. The molecule has 0 amide bonds. The van der Waals surface area contributed by atoms with E-state index in [0.717, 1.165) is 9.13 Å². The van der Waals surface area contributed by atoms with Crippen LogP contribution in [0.5, 0.6) is 0 Å². The van der Waals surface area contributed by atoms with E-state index in [1.165, 1.54) is 19.1 Å². The van der Waals surface area contributed by atoms with Crippen molar-refractivity contribution >= 4 is 40.2 Å². The standard InChI is InChI=1S/C23H20IN3O4/c1-13-11-15(9-10-17(13)24)27-20(23(29)31-3)19(22(28)30-2)18(16(12-25)21(27)26)14-7-5-4-6-8-14/h4-11,18H,26H2,1-3H3. The first-order chi connectivity index (χ1) is 14.8. The Morgan fingerprint density at radius 1 is 1.10 bits per heavy atom. The first kappa shape index (κ1) is 22.4. The van der Waals surface area contributed by atoms with Crippen LogP contribution in [0.3, 0.4) is 0 Å². The van der Waals surface area contributed by atoms with Crippen molar-refractivity contribution in [2.24, 2.45) is 5.73 Å². The zero-order valence-electron chi connectivity index (χ0n) is 17.2. The lowest BCUT2D eigenvalue weighted by Crippen LogP contribution is -2.40. The number of aryl methyl sites for hydroxylation is 1. The SMILES string of the molecule is COC(=O)C1=C(C(=O)OC)N(c2ccc(I)c(C)c2)C(N)=C(C#N)C1c1ccccc1. The average molecular weight is 529 g/mol. The van der Waals surface area contributed by atoms with Gasteiger partial charge in [0.15, 0.2) is 0 Å². The van der Waals surface area contributed by atoms with Crippen LogP contribution in [0.1, 0.15) is 17.0 Å². The summed E-state index contributed by atoms with van der Waals surface area (Å²) < 4.78 is 11.0. The van der Waals surface area contributed by atoms with Crippen molar-refractivity contribution in [2.45, 2.75) is 12.8 Å². The second kappa shape index (κ2) is 9.22. The molecule has 0 spiro atoms. The van der Waals surface area contributed by atoms with Gasteiger partial charge in [0.05, 0.1) is 37.4 Å². The quantitative estimate of drug-likeness (QED) is 0.478. The van der Waals surface area contributed by atoms with E-state index in [4.69, 9.17) is 15.2 Å². The maximum atomic E-state index is 13.0. The van der Waals surface area contributed by atoms with Crippen LogP contribution < -0.4 is 10.6 Å². The number of ether oxygens (including phenoxy) is 2. The van der Waals surface area contributed by atoms with Gasteiger partial charge in [-0.2, -0.15) is 5.26 Å². The van der Waals surface area contributed by atoms with Crippen LogP contribution in [-0.4, -0.2) is 26.2 Å². The number of nitrogens with two attached hydrogens (primary N) is 1. The van der Waals surface area contributed by atoms with Gasteiger partial charge in [0.2, 0.25) is 0 Å². The minimum atomic E-state index is -0.881. The number of benzene rings is 2. The van der Waals surface area contributed by atoms with Gasteiger partial charge >= 0.3 is 11.9 Å². The summed E-state index contributed by atoms with van der Waals surface area (Å²) in [6, 6.07) is 16.5. The smallest absolute Gasteiger partial charge is 0.355 e. The third kappa shape index (κ3) is 4.01. The van der Waals surface area contributed by atoms with Crippen molar-refractivity contribution in [2.75, 3.05) is 19.1 Å². The number of carbonyl (C=O) groups is 2. The highest BCUT2D eigenvalue weighted by Crippen LogP contribution is 2.43.